The number of H-pyrrole nitrogens is 1. The maximum atomic E-state index is 11.3. The normalized spacial score (nSPS) is 10.8. The van der Waals surface area contributed by atoms with Gasteiger partial charge in [0.15, 0.2) is 5.82 Å². The minimum absolute atomic E-state index is 0.0671. The molecular formula is C13H13N7O4. The maximum Gasteiger partial charge on any atom is 0.278 e. The van der Waals surface area contributed by atoms with Crippen LogP contribution in [0.25, 0.3) is 11.0 Å². The number of hydrogen-bond donors (Lipinski definition) is 1. The summed E-state index contributed by atoms with van der Waals surface area (Å²) in [5.74, 6) is 0.720. The van der Waals surface area contributed by atoms with Gasteiger partial charge < -0.3 is 9.47 Å². The van der Waals surface area contributed by atoms with Crippen LogP contribution in [-0.4, -0.2) is 49.7 Å². The van der Waals surface area contributed by atoms with E-state index in [0.717, 1.165) is 0 Å². The molecule has 0 unspecified atom stereocenters. The Labute approximate surface area is 135 Å². The molecule has 11 heteroatoms. The van der Waals surface area contributed by atoms with E-state index in [1.807, 2.05) is 0 Å². The predicted molar refractivity (Wildman–Crippen MR) is 81.0 cm³/mol. The second-order valence-corrected chi connectivity index (χ2v) is 4.87. The molecule has 3 aromatic rings. The minimum atomic E-state index is -0.465. The van der Waals surface area contributed by atoms with Gasteiger partial charge in [-0.15, -0.1) is 10.2 Å². The summed E-state index contributed by atoms with van der Waals surface area (Å²) < 4.78 is 10.3. The van der Waals surface area contributed by atoms with E-state index >= 15 is 0 Å². The molecule has 1 aromatic carbocycles. The molecular weight excluding hydrogens is 318 g/mol. The number of hydrogen-bond acceptors (Lipinski definition) is 9. The number of aromatic nitrogens is 6. The van der Waals surface area contributed by atoms with Crippen molar-refractivity contribution in [1.82, 2.24) is 30.6 Å². The second kappa shape index (κ2) is 6.02. The lowest BCUT2D eigenvalue weighted by Crippen LogP contribution is -2.05. The van der Waals surface area contributed by atoms with Crippen LogP contribution in [0.1, 0.15) is 17.0 Å². The van der Waals surface area contributed by atoms with Gasteiger partial charge in [-0.3, -0.25) is 10.1 Å². The summed E-state index contributed by atoms with van der Waals surface area (Å²) in [5, 5.41) is 25.0. The molecule has 0 saturated carbocycles. The quantitative estimate of drug-likeness (QED) is 0.534. The Balaban J connectivity index is 2.31. The summed E-state index contributed by atoms with van der Waals surface area (Å²) in [5.41, 5.74) is 1.75. The fraction of sp³-hybridized carbons (Fsp3) is 0.308. The highest BCUT2D eigenvalue weighted by Gasteiger charge is 2.23. The van der Waals surface area contributed by atoms with Gasteiger partial charge in [0.25, 0.3) is 17.4 Å². The van der Waals surface area contributed by atoms with Crippen molar-refractivity contribution in [3.8, 4) is 11.8 Å². The van der Waals surface area contributed by atoms with Crippen molar-refractivity contribution in [2.75, 3.05) is 14.2 Å². The molecule has 0 amide bonds. The van der Waals surface area contributed by atoms with Crippen LogP contribution in [0.3, 0.4) is 0 Å². The number of nitrogens with zero attached hydrogens (tertiary/aromatic N) is 6. The van der Waals surface area contributed by atoms with Crippen LogP contribution >= 0.6 is 0 Å². The van der Waals surface area contributed by atoms with E-state index < -0.39 is 4.92 Å². The van der Waals surface area contributed by atoms with Crippen molar-refractivity contribution in [1.29, 1.82) is 0 Å². The fourth-order valence-electron chi connectivity index (χ4n) is 2.40. The first-order valence-electron chi connectivity index (χ1n) is 6.84. The van der Waals surface area contributed by atoms with Crippen molar-refractivity contribution in [3.63, 3.8) is 0 Å². The Morgan fingerprint density at radius 2 is 1.96 bits per heavy atom. The summed E-state index contributed by atoms with van der Waals surface area (Å²) in [6.45, 7) is 1.64. The minimum Gasteiger partial charge on any atom is -0.477 e. The molecule has 1 N–H and O–H groups in total. The highest BCUT2D eigenvalue weighted by molar-refractivity contribution is 5.84. The predicted octanol–water partition coefficient (Wildman–Crippen LogP) is 0.968. The summed E-state index contributed by atoms with van der Waals surface area (Å²) in [6.07, 6.45) is 0.213. The molecule has 0 aliphatic heterocycles. The van der Waals surface area contributed by atoms with Gasteiger partial charge in [0.1, 0.15) is 5.52 Å². The van der Waals surface area contributed by atoms with Gasteiger partial charge in [-0.25, -0.2) is 9.97 Å². The van der Waals surface area contributed by atoms with E-state index in [-0.39, 0.29) is 23.9 Å². The highest BCUT2D eigenvalue weighted by atomic mass is 16.6. The third-order valence-corrected chi connectivity index (χ3v) is 3.56. The molecule has 24 heavy (non-hydrogen) atoms. The first kappa shape index (κ1) is 15.5. The molecule has 3 rings (SSSR count). The van der Waals surface area contributed by atoms with E-state index in [1.54, 1.807) is 6.92 Å². The number of nitro groups is 1. The third kappa shape index (κ3) is 2.55. The van der Waals surface area contributed by atoms with Crippen LogP contribution in [0, 0.1) is 17.0 Å². The summed E-state index contributed by atoms with van der Waals surface area (Å²) >= 11 is 0. The van der Waals surface area contributed by atoms with Crippen LogP contribution in [0.4, 0.5) is 5.69 Å². The van der Waals surface area contributed by atoms with Crippen molar-refractivity contribution >= 4 is 16.7 Å². The lowest BCUT2D eigenvalue weighted by Gasteiger charge is -2.11. The first-order valence-corrected chi connectivity index (χ1v) is 6.84. The zero-order chi connectivity index (χ0) is 17.3. The Hall–Kier alpha value is -3.37. The summed E-state index contributed by atoms with van der Waals surface area (Å²) in [7, 11) is 2.86. The number of methoxy groups -OCH3 is 2. The van der Waals surface area contributed by atoms with Gasteiger partial charge in [0, 0.05) is 18.1 Å². The average Bonchev–Trinajstić information content (AvgIpc) is 3.08. The molecule has 0 atom stereocenters. The Bertz CT molecular complexity index is 911. The lowest BCUT2D eigenvalue weighted by molar-refractivity contribution is -0.385. The SMILES string of the molecule is COc1nc2cc([N+](=O)[O-])c(C)c(Cc3nn[nH]n3)c2nc1OC. The zero-order valence-corrected chi connectivity index (χ0v) is 13.1. The van der Waals surface area contributed by atoms with Crippen molar-refractivity contribution < 1.29 is 14.4 Å². The monoisotopic (exact) mass is 331 g/mol. The topological polar surface area (TPSA) is 142 Å². The molecule has 0 bridgehead atoms. The van der Waals surface area contributed by atoms with Crippen LogP contribution in [0.2, 0.25) is 0 Å². The van der Waals surface area contributed by atoms with E-state index in [0.29, 0.717) is 28.0 Å². The number of aromatic amines is 1. The molecule has 124 valence electrons. The van der Waals surface area contributed by atoms with Gasteiger partial charge in [-0.05, 0) is 12.5 Å². The van der Waals surface area contributed by atoms with Gasteiger partial charge in [-0.2, -0.15) is 5.21 Å². The number of tetrazole rings is 1. The number of ether oxygens (including phenoxy) is 2. The Morgan fingerprint density at radius 1 is 1.25 bits per heavy atom. The van der Waals surface area contributed by atoms with Gasteiger partial charge in [0.2, 0.25) is 0 Å². The van der Waals surface area contributed by atoms with E-state index in [1.165, 1.54) is 20.3 Å². The molecule has 2 heterocycles. The zero-order valence-electron chi connectivity index (χ0n) is 13.1. The molecule has 0 radical (unpaired) electrons. The molecule has 0 fully saturated rings. The molecule has 0 saturated heterocycles. The molecule has 0 aliphatic rings. The van der Waals surface area contributed by atoms with Crippen molar-refractivity contribution in [2.45, 2.75) is 13.3 Å². The number of fused-ring (bicyclic) bond motifs is 1. The standard InChI is InChI=1S/C13H13N7O4/c1-6-7(4-10-16-18-19-17-10)11-8(5-9(6)20(21)22)14-12(23-2)13(15-11)24-3/h5H,4H2,1-3H3,(H,16,17,18,19). The van der Waals surface area contributed by atoms with Crippen LogP contribution in [0.5, 0.6) is 11.8 Å². The molecule has 0 aliphatic carbocycles. The van der Waals surface area contributed by atoms with Crippen LogP contribution in [-0.2, 0) is 6.42 Å². The smallest absolute Gasteiger partial charge is 0.278 e. The first-order chi connectivity index (χ1) is 11.5. The largest absolute Gasteiger partial charge is 0.477 e. The van der Waals surface area contributed by atoms with E-state index in [4.69, 9.17) is 9.47 Å². The lowest BCUT2D eigenvalue weighted by atomic mass is 10.0. The molecule has 2 aromatic heterocycles. The number of benzene rings is 1. The molecule has 0 spiro atoms. The van der Waals surface area contributed by atoms with Gasteiger partial charge in [0.05, 0.1) is 24.7 Å². The highest BCUT2D eigenvalue weighted by Crippen LogP contribution is 2.33. The average molecular weight is 331 g/mol. The van der Waals surface area contributed by atoms with E-state index in [9.17, 15) is 10.1 Å². The van der Waals surface area contributed by atoms with Gasteiger partial charge >= 0.3 is 0 Å². The fourth-order valence-corrected chi connectivity index (χ4v) is 2.40. The second-order valence-electron chi connectivity index (χ2n) is 4.87. The van der Waals surface area contributed by atoms with Gasteiger partial charge in [-0.1, -0.05) is 5.21 Å². The Kier molecular flexibility index (Phi) is 3.90. The van der Waals surface area contributed by atoms with Crippen molar-refractivity contribution in [2.24, 2.45) is 0 Å². The third-order valence-electron chi connectivity index (χ3n) is 3.56. The summed E-state index contributed by atoms with van der Waals surface area (Å²) in [6, 6.07) is 1.36. The van der Waals surface area contributed by atoms with Crippen molar-refractivity contribution in [3.05, 3.63) is 33.1 Å². The maximum absolute atomic E-state index is 11.3. The van der Waals surface area contributed by atoms with Crippen LogP contribution < -0.4 is 9.47 Å². The van der Waals surface area contributed by atoms with E-state index in [2.05, 4.69) is 30.6 Å². The number of nitro benzene ring substituents is 1. The molecule has 11 nitrogen and oxygen atoms in total. The Morgan fingerprint density at radius 3 is 2.54 bits per heavy atom. The van der Waals surface area contributed by atoms with Crippen LogP contribution in [0.15, 0.2) is 6.07 Å². The number of rotatable bonds is 5. The summed E-state index contributed by atoms with van der Waals surface area (Å²) in [4.78, 5) is 19.5. The number of nitrogens with one attached hydrogen (secondary N) is 1.